The Bertz CT molecular complexity index is 404. The lowest BCUT2D eigenvalue weighted by molar-refractivity contribution is -0.162. The van der Waals surface area contributed by atoms with Gasteiger partial charge in [-0.05, 0) is 38.6 Å². The highest BCUT2D eigenvalue weighted by Crippen LogP contribution is 2.54. The Morgan fingerprint density at radius 1 is 1.27 bits per heavy atom. The maximum atomic E-state index is 12.7. The summed E-state index contributed by atoms with van der Waals surface area (Å²) in [6.07, 6.45) is 6.30. The topological polar surface area (TPSA) is 32.8 Å². The smallest absolute Gasteiger partial charge is 0.236 e. The van der Waals surface area contributed by atoms with Gasteiger partial charge in [0.05, 0.1) is 12.6 Å². The van der Waals surface area contributed by atoms with Crippen LogP contribution in [0.4, 0.5) is 0 Å². The van der Waals surface area contributed by atoms with Gasteiger partial charge in [0.15, 0.2) is 0 Å². The van der Waals surface area contributed by atoms with Gasteiger partial charge in [0.25, 0.3) is 0 Å². The maximum absolute atomic E-state index is 12.7. The van der Waals surface area contributed by atoms with Gasteiger partial charge in [0, 0.05) is 37.1 Å². The van der Waals surface area contributed by atoms with Crippen LogP contribution in [0.2, 0.25) is 0 Å². The van der Waals surface area contributed by atoms with Crippen LogP contribution in [0.3, 0.4) is 0 Å². The summed E-state index contributed by atoms with van der Waals surface area (Å²) >= 11 is 0. The number of rotatable bonds is 5. The molecule has 0 spiro atoms. The zero-order chi connectivity index (χ0) is 15.7. The van der Waals surface area contributed by atoms with Crippen LogP contribution in [0.5, 0.6) is 0 Å². The Morgan fingerprint density at radius 2 is 2.00 bits per heavy atom. The lowest BCUT2D eigenvalue weighted by Crippen LogP contribution is -2.67. The third kappa shape index (κ3) is 2.80. The van der Waals surface area contributed by atoms with Crippen LogP contribution in [0, 0.1) is 11.3 Å². The van der Waals surface area contributed by atoms with Crippen molar-refractivity contribution < 1.29 is 9.53 Å². The van der Waals surface area contributed by atoms with E-state index in [-0.39, 0.29) is 5.41 Å². The predicted octanol–water partition coefficient (Wildman–Crippen LogP) is 2.52. The normalized spacial score (nSPS) is 33.6. The molecule has 0 radical (unpaired) electrons. The van der Waals surface area contributed by atoms with Crippen molar-refractivity contribution in [3.63, 3.8) is 0 Å². The first kappa shape index (κ1) is 16.3. The number of hydrogen-bond donors (Lipinski definition) is 0. The van der Waals surface area contributed by atoms with E-state index in [1.165, 1.54) is 19.3 Å². The maximum Gasteiger partial charge on any atom is 0.236 e. The number of amides is 1. The van der Waals surface area contributed by atoms with Crippen molar-refractivity contribution >= 4 is 5.91 Å². The van der Waals surface area contributed by atoms with Crippen LogP contribution >= 0.6 is 0 Å². The van der Waals surface area contributed by atoms with E-state index in [1.807, 2.05) is 0 Å². The molecular formula is C18H32N2O2. The van der Waals surface area contributed by atoms with Crippen molar-refractivity contribution in [3.05, 3.63) is 0 Å². The summed E-state index contributed by atoms with van der Waals surface area (Å²) in [7, 11) is 0. The molecule has 3 aliphatic rings. The van der Waals surface area contributed by atoms with E-state index < -0.39 is 0 Å². The average molecular weight is 308 g/mol. The van der Waals surface area contributed by atoms with E-state index in [4.69, 9.17) is 4.74 Å². The first-order chi connectivity index (χ1) is 10.6. The first-order valence-electron chi connectivity index (χ1n) is 9.19. The molecule has 1 saturated carbocycles. The van der Waals surface area contributed by atoms with E-state index in [1.54, 1.807) is 0 Å². The van der Waals surface area contributed by atoms with Crippen LogP contribution in [0.25, 0.3) is 0 Å². The first-order valence-corrected chi connectivity index (χ1v) is 9.19. The number of likely N-dealkylation sites (tertiary alicyclic amines) is 1. The number of carbonyl (C=O) groups excluding carboxylic acids is 1. The highest BCUT2D eigenvalue weighted by atomic mass is 16.5. The van der Waals surface area contributed by atoms with Crippen LogP contribution in [0.15, 0.2) is 0 Å². The van der Waals surface area contributed by atoms with Gasteiger partial charge in [-0.25, -0.2) is 0 Å². The highest BCUT2D eigenvalue weighted by molar-refractivity contribution is 5.78. The van der Waals surface area contributed by atoms with E-state index in [0.29, 0.717) is 30.5 Å². The monoisotopic (exact) mass is 308 g/mol. The molecule has 1 aliphatic carbocycles. The van der Waals surface area contributed by atoms with Crippen LogP contribution in [-0.2, 0) is 9.53 Å². The van der Waals surface area contributed by atoms with E-state index in [9.17, 15) is 4.79 Å². The minimum Gasteiger partial charge on any atom is -0.377 e. The Labute approximate surface area is 135 Å². The zero-order valence-corrected chi connectivity index (χ0v) is 14.5. The summed E-state index contributed by atoms with van der Waals surface area (Å²) < 4.78 is 5.92. The van der Waals surface area contributed by atoms with Crippen LogP contribution in [0.1, 0.15) is 52.9 Å². The Morgan fingerprint density at radius 3 is 2.68 bits per heavy atom. The molecular weight excluding hydrogens is 276 g/mol. The van der Waals surface area contributed by atoms with E-state index in [0.717, 1.165) is 39.1 Å². The van der Waals surface area contributed by atoms with Crippen molar-refractivity contribution in [3.8, 4) is 0 Å². The number of carbonyl (C=O) groups is 1. The molecule has 2 heterocycles. The summed E-state index contributed by atoms with van der Waals surface area (Å²) in [5.41, 5.74) is 0.179. The van der Waals surface area contributed by atoms with Gasteiger partial charge >= 0.3 is 0 Å². The standard InChI is InChI=1S/C18H32N2O2/c1-4-9-20(13-15(21)19-10-6-5-7-11-19)16-14-8-12-22-17(14)18(16,2)3/h14,16-17H,4-13H2,1-3H3/t14-,16+,17+/m0/s1. The molecule has 2 aliphatic heterocycles. The number of nitrogens with zero attached hydrogens (tertiary/aromatic N) is 2. The molecule has 4 heteroatoms. The number of hydrogen-bond acceptors (Lipinski definition) is 3. The molecule has 0 unspecified atom stereocenters. The summed E-state index contributed by atoms with van der Waals surface area (Å²) in [5.74, 6) is 0.974. The van der Waals surface area contributed by atoms with Gasteiger partial charge in [-0.15, -0.1) is 0 Å². The summed E-state index contributed by atoms with van der Waals surface area (Å²) in [6, 6.07) is 0.508. The molecule has 1 amide bonds. The largest absolute Gasteiger partial charge is 0.377 e. The van der Waals surface area contributed by atoms with Gasteiger partial charge in [-0.3, -0.25) is 9.69 Å². The van der Waals surface area contributed by atoms with E-state index in [2.05, 4.69) is 30.6 Å². The predicted molar refractivity (Wildman–Crippen MR) is 87.7 cm³/mol. The molecule has 0 aromatic rings. The van der Waals surface area contributed by atoms with Gasteiger partial charge in [-0.2, -0.15) is 0 Å². The molecule has 126 valence electrons. The number of piperidine rings is 1. The minimum absolute atomic E-state index is 0.179. The number of ether oxygens (including phenoxy) is 1. The summed E-state index contributed by atoms with van der Waals surface area (Å²) in [5, 5.41) is 0. The lowest BCUT2D eigenvalue weighted by atomic mass is 9.56. The van der Waals surface area contributed by atoms with Crippen molar-refractivity contribution in [1.82, 2.24) is 9.80 Å². The van der Waals surface area contributed by atoms with Gasteiger partial charge < -0.3 is 9.64 Å². The Balaban J connectivity index is 1.66. The highest BCUT2D eigenvalue weighted by Gasteiger charge is 2.61. The average Bonchev–Trinajstić information content (AvgIpc) is 2.94. The van der Waals surface area contributed by atoms with Crippen molar-refractivity contribution in [1.29, 1.82) is 0 Å². The quantitative estimate of drug-likeness (QED) is 0.782. The second kappa shape index (κ2) is 6.48. The van der Waals surface area contributed by atoms with Gasteiger partial charge in [-0.1, -0.05) is 20.8 Å². The third-order valence-electron chi connectivity index (χ3n) is 5.99. The molecule has 0 aromatic heterocycles. The molecule has 0 bridgehead atoms. The molecule has 0 N–H and O–H groups in total. The zero-order valence-electron chi connectivity index (χ0n) is 14.5. The van der Waals surface area contributed by atoms with Crippen LogP contribution in [-0.4, -0.2) is 60.6 Å². The summed E-state index contributed by atoms with van der Waals surface area (Å²) in [6.45, 7) is 11.3. The van der Waals surface area contributed by atoms with Gasteiger partial charge in [0.2, 0.25) is 5.91 Å². The minimum atomic E-state index is 0.179. The fourth-order valence-electron chi connectivity index (χ4n) is 5.06. The van der Waals surface area contributed by atoms with Gasteiger partial charge in [0.1, 0.15) is 0 Å². The second-order valence-corrected chi connectivity index (χ2v) is 7.92. The lowest BCUT2D eigenvalue weighted by Gasteiger charge is -2.58. The number of fused-ring (bicyclic) bond motifs is 1. The molecule has 22 heavy (non-hydrogen) atoms. The summed E-state index contributed by atoms with van der Waals surface area (Å²) in [4.78, 5) is 17.2. The fourth-order valence-corrected chi connectivity index (χ4v) is 5.06. The molecule has 2 saturated heterocycles. The fraction of sp³-hybridized carbons (Fsp3) is 0.944. The van der Waals surface area contributed by atoms with Crippen LogP contribution < -0.4 is 0 Å². The second-order valence-electron chi connectivity index (χ2n) is 7.92. The van der Waals surface area contributed by atoms with Crippen molar-refractivity contribution in [2.45, 2.75) is 65.0 Å². The molecule has 3 rings (SSSR count). The molecule has 3 atom stereocenters. The Kier molecular flexibility index (Phi) is 4.79. The molecule has 4 nitrogen and oxygen atoms in total. The Hall–Kier alpha value is -0.610. The molecule has 0 aromatic carbocycles. The third-order valence-corrected chi connectivity index (χ3v) is 5.99. The van der Waals surface area contributed by atoms with Crippen molar-refractivity contribution in [2.24, 2.45) is 11.3 Å². The van der Waals surface area contributed by atoms with E-state index >= 15 is 0 Å². The molecule has 3 fully saturated rings. The SMILES string of the molecule is CCCN(CC(=O)N1CCCCC1)[C@@H]1[C@@H]2CCO[C@H]2C1(C)C. The van der Waals surface area contributed by atoms with Crippen molar-refractivity contribution in [2.75, 3.05) is 32.8 Å².